The number of nitrogens with one attached hydrogen (secondary N) is 2. The third-order valence-electron chi connectivity index (χ3n) is 3.16. The van der Waals surface area contributed by atoms with Gasteiger partial charge in [-0.25, -0.2) is 0 Å². The number of ether oxygens (including phenoxy) is 1. The molecule has 4 nitrogen and oxygen atoms in total. The second-order valence-corrected chi connectivity index (χ2v) is 4.64. The molecular formula is C14H20N2O2. The van der Waals surface area contributed by atoms with E-state index in [4.69, 9.17) is 4.74 Å². The van der Waals surface area contributed by atoms with E-state index in [2.05, 4.69) is 17.6 Å². The number of carbonyl (C=O) groups excluding carboxylic acids is 1. The summed E-state index contributed by atoms with van der Waals surface area (Å²) in [6.45, 7) is 3.22. The molecule has 1 heterocycles. The third kappa shape index (κ3) is 3.82. The largest absolute Gasteiger partial charge is 0.377 e. The molecule has 98 valence electrons. The lowest BCUT2D eigenvalue weighted by molar-refractivity contribution is -0.115. The van der Waals surface area contributed by atoms with Gasteiger partial charge in [0.05, 0.1) is 12.6 Å². The number of rotatable bonds is 5. The van der Waals surface area contributed by atoms with E-state index in [1.54, 1.807) is 0 Å². The van der Waals surface area contributed by atoms with Crippen LogP contribution in [-0.4, -0.2) is 31.2 Å². The highest BCUT2D eigenvalue weighted by Crippen LogP contribution is 2.15. The minimum Gasteiger partial charge on any atom is -0.377 e. The van der Waals surface area contributed by atoms with Gasteiger partial charge < -0.3 is 15.4 Å². The molecule has 1 fully saturated rings. The minimum absolute atomic E-state index is 0.0222. The van der Waals surface area contributed by atoms with Gasteiger partial charge in [-0.1, -0.05) is 18.2 Å². The summed E-state index contributed by atoms with van der Waals surface area (Å²) in [7, 11) is 0. The van der Waals surface area contributed by atoms with Crippen LogP contribution in [0.3, 0.4) is 0 Å². The van der Waals surface area contributed by atoms with Gasteiger partial charge >= 0.3 is 0 Å². The fourth-order valence-electron chi connectivity index (χ4n) is 2.11. The Bertz CT molecular complexity index is 375. The SMILES string of the molecule is C[C@@H](NCC(=O)Nc1ccccc1)[C@H]1CCCO1. The Morgan fingerprint density at radius 2 is 2.22 bits per heavy atom. The van der Waals surface area contributed by atoms with Crippen LogP contribution in [0.4, 0.5) is 5.69 Å². The Balaban J connectivity index is 1.71. The molecule has 0 unspecified atom stereocenters. The van der Waals surface area contributed by atoms with E-state index in [1.165, 1.54) is 0 Å². The summed E-state index contributed by atoms with van der Waals surface area (Å²) in [6, 6.07) is 9.70. The predicted octanol–water partition coefficient (Wildman–Crippen LogP) is 1.78. The lowest BCUT2D eigenvalue weighted by Crippen LogP contribution is -2.41. The van der Waals surface area contributed by atoms with Crippen molar-refractivity contribution < 1.29 is 9.53 Å². The highest BCUT2D eigenvalue weighted by molar-refractivity contribution is 5.92. The lowest BCUT2D eigenvalue weighted by atomic mass is 10.1. The molecule has 0 radical (unpaired) electrons. The first-order valence-electron chi connectivity index (χ1n) is 6.45. The zero-order valence-electron chi connectivity index (χ0n) is 10.7. The van der Waals surface area contributed by atoms with Gasteiger partial charge in [0, 0.05) is 18.3 Å². The van der Waals surface area contributed by atoms with Crippen LogP contribution in [0.1, 0.15) is 19.8 Å². The Hall–Kier alpha value is -1.39. The monoisotopic (exact) mass is 248 g/mol. The van der Waals surface area contributed by atoms with Gasteiger partial charge in [-0.2, -0.15) is 0 Å². The molecule has 2 atom stereocenters. The van der Waals surface area contributed by atoms with Crippen LogP contribution in [0.2, 0.25) is 0 Å². The van der Waals surface area contributed by atoms with Crippen LogP contribution in [0, 0.1) is 0 Å². The van der Waals surface area contributed by atoms with Crippen molar-refractivity contribution in [3.8, 4) is 0 Å². The summed E-state index contributed by atoms with van der Waals surface area (Å²) >= 11 is 0. The second-order valence-electron chi connectivity index (χ2n) is 4.64. The molecule has 2 N–H and O–H groups in total. The third-order valence-corrected chi connectivity index (χ3v) is 3.16. The van der Waals surface area contributed by atoms with Crippen molar-refractivity contribution in [1.29, 1.82) is 0 Å². The highest BCUT2D eigenvalue weighted by Gasteiger charge is 2.22. The molecule has 2 rings (SSSR count). The van der Waals surface area contributed by atoms with Crippen LogP contribution >= 0.6 is 0 Å². The van der Waals surface area contributed by atoms with Crippen LogP contribution in [0.25, 0.3) is 0 Å². The maximum absolute atomic E-state index is 11.7. The zero-order valence-corrected chi connectivity index (χ0v) is 10.7. The van der Waals surface area contributed by atoms with E-state index < -0.39 is 0 Å². The molecule has 0 aliphatic carbocycles. The van der Waals surface area contributed by atoms with Crippen LogP contribution < -0.4 is 10.6 Å². The smallest absolute Gasteiger partial charge is 0.238 e. The van der Waals surface area contributed by atoms with Gasteiger partial charge in [-0.05, 0) is 31.9 Å². The average molecular weight is 248 g/mol. The average Bonchev–Trinajstić information content (AvgIpc) is 2.91. The zero-order chi connectivity index (χ0) is 12.8. The van der Waals surface area contributed by atoms with E-state index in [0.29, 0.717) is 6.54 Å². The standard InChI is InChI=1S/C14H20N2O2/c1-11(13-8-5-9-18-13)15-10-14(17)16-12-6-3-2-4-7-12/h2-4,6-7,11,13,15H,5,8-10H2,1H3,(H,16,17)/t11-,13-/m1/s1. The van der Waals surface area contributed by atoms with E-state index in [0.717, 1.165) is 25.1 Å². The molecule has 0 saturated carbocycles. The number of para-hydroxylation sites is 1. The number of benzene rings is 1. The summed E-state index contributed by atoms with van der Waals surface area (Å²) in [5.41, 5.74) is 0.828. The van der Waals surface area contributed by atoms with Gasteiger partial charge in [-0.15, -0.1) is 0 Å². The lowest BCUT2D eigenvalue weighted by Gasteiger charge is -2.19. The number of hydrogen-bond donors (Lipinski definition) is 2. The summed E-state index contributed by atoms with van der Waals surface area (Å²) in [6.07, 6.45) is 2.44. The van der Waals surface area contributed by atoms with Crippen molar-refractivity contribution in [2.75, 3.05) is 18.5 Å². The fourth-order valence-corrected chi connectivity index (χ4v) is 2.11. The molecule has 1 aromatic rings. The van der Waals surface area contributed by atoms with Gasteiger partial charge in [-0.3, -0.25) is 4.79 Å². The minimum atomic E-state index is -0.0222. The molecule has 0 aromatic heterocycles. The molecule has 1 aliphatic heterocycles. The van der Waals surface area contributed by atoms with Crippen LogP contribution in [0.5, 0.6) is 0 Å². The number of carbonyl (C=O) groups is 1. The van der Waals surface area contributed by atoms with Crippen molar-refractivity contribution in [3.05, 3.63) is 30.3 Å². The quantitative estimate of drug-likeness (QED) is 0.835. The molecule has 4 heteroatoms. The molecule has 0 spiro atoms. The van der Waals surface area contributed by atoms with E-state index in [-0.39, 0.29) is 18.1 Å². The molecule has 1 aromatic carbocycles. The summed E-state index contributed by atoms with van der Waals surface area (Å²) in [4.78, 5) is 11.7. The summed E-state index contributed by atoms with van der Waals surface area (Å²) in [5, 5.41) is 6.05. The number of amides is 1. The molecular weight excluding hydrogens is 228 g/mol. The Labute approximate surface area is 108 Å². The molecule has 1 amide bonds. The van der Waals surface area contributed by atoms with Gasteiger partial charge in [0.2, 0.25) is 5.91 Å². The topological polar surface area (TPSA) is 50.4 Å². The summed E-state index contributed by atoms with van der Waals surface area (Å²) in [5.74, 6) is -0.0222. The van der Waals surface area contributed by atoms with Crippen molar-refractivity contribution in [1.82, 2.24) is 5.32 Å². The Morgan fingerprint density at radius 3 is 2.89 bits per heavy atom. The van der Waals surface area contributed by atoms with Crippen molar-refractivity contribution in [2.24, 2.45) is 0 Å². The molecule has 18 heavy (non-hydrogen) atoms. The maximum Gasteiger partial charge on any atom is 0.238 e. The van der Waals surface area contributed by atoms with Gasteiger partial charge in [0.1, 0.15) is 0 Å². The predicted molar refractivity (Wildman–Crippen MR) is 71.5 cm³/mol. The van der Waals surface area contributed by atoms with Crippen molar-refractivity contribution >= 4 is 11.6 Å². The van der Waals surface area contributed by atoms with Gasteiger partial charge in [0.15, 0.2) is 0 Å². The van der Waals surface area contributed by atoms with E-state index >= 15 is 0 Å². The Morgan fingerprint density at radius 1 is 1.44 bits per heavy atom. The second kappa shape index (κ2) is 6.52. The van der Waals surface area contributed by atoms with Crippen LogP contribution in [0.15, 0.2) is 30.3 Å². The first kappa shape index (κ1) is 13.1. The maximum atomic E-state index is 11.7. The van der Waals surface area contributed by atoms with E-state index in [9.17, 15) is 4.79 Å². The highest BCUT2D eigenvalue weighted by atomic mass is 16.5. The van der Waals surface area contributed by atoms with Crippen molar-refractivity contribution in [2.45, 2.75) is 31.9 Å². The van der Waals surface area contributed by atoms with E-state index in [1.807, 2.05) is 30.3 Å². The summed E-state index contributed by atoms with van der Waals surface area (Å²) < 4.78 is 5.57. The molecule has 1 saturated heterocycles. The Kier molecular flexibility index (Phi) is 4.73. The number of anilines is 1. The first-order chi connectivity index (χ1) is 8.75. The van der Waals surface area contributed by atoms with Crippen molar-refractivity contribution in [3.63, 3.8) is 0 Å². The molecule has 0 bridgehead atoms. The van der Waals surface area contributed by atoms with Gasteiger partial charge in [0.25, 0.3) is 0 Å². The first-order valence-corrected chi connectivity index (χ1v) is 6.45. The van der Waals surface area contributed by atoms with Crippen LogP contribution in [-0.2, 0) is 9.53 Å². The normalized spacial score (nSPS) is 20.6. The number of hydrogen-bond acceptors (Lipinski definition) is 3. The fraction of sp³-hybridized carbons (Fsp3) is 0.500. The molecule has 1 aliphatic rings.